The first-order valence-corrected chi connectivity index (χ1v) is 7.62. The first-order valence-electron chi connectivity index (χ1n) is 6.63. The number of aromatic nitrogens is 2. The predicted molar refractivity (Wildman–Crippen MR) is 78.7 cm³/mol. The Labute approximate surface area is 116 Å². The summed E-state index contributed by atoms with van der Waals surface area (Å²) in [6, 6.07) is 8.21. The van der Waals surface area contributed by atoms with E-state index in [0.717, 1.165) is 41.8 Å². The quantitative estimate of drug-likeness (QED) is 0.874. The molecule has 0 unspecified atom stereocenters. The molecule has 0 spiro atoms. The van der Waals surface area contributed by atoms with Gasteiger partial charge in [-0.2, -0.15) is 0 Å². The Hall–Kier alpha value is -1.55. The number of fused-ring (bicyclic) bond motifs is 1. The third kappa shape index (κ3) is 2.45. The Morgan fingerprint density at radius 2 is 2.05 bits per heavy atom. The molecule has 1 aromatic carbocycles. The Morgan fingerprint density at radius 1 is 1.26 bits per heavy atom. The normalized spacial score (nSPS) is 13.5. The lowest BCUT2D eigenvalue weighted by Crippen LogP contribution is -2.15. The number of nitrogens with one attached hydrogen (secondary N) is 1. The van der Waals surface area contributed by atoms with Crippen LogP contribution in [0.1, 0.15) is 24.6 Å². The van der Waals surface area contributed by atoms with Crippen molar-refractivity contribution in [2.45, 2.75) is 31.1 Å². The zero-order valence-corrected chi connectivity index (χ0v) is 11.7. The van der Waals surface area contributed by atoms with E-state index >= 15 is 0 Å². The Bertz CT molecular complexity index is 646. The van der Waals surface area contributed by atoms with E-state index in [-0.39, 0.29) is 5.56 Å². The molecule has 0 saturated heterocycles. The summed E-state index contributed by atoms with van der Waals surface area (Å²) in [5.74, 6) is 1.76. The van der Waals surface area contributed by atoms with Crippen molar-refractivity contribution in [1.29, 1.82) is 0 Å². The van der Waals surface area contributed by atoms with Gasteiger partial charge < -0.3 is 4.98 Å². The van der Waals surface area contributed by atoms with Crippen molar-refractivity contribution in [2.24, 2.45) is 0 Å². The summed E-state index contributed by atoms with van der Waals surface area (Å²) in [5.41, 5.74) is 2.87. The van der Waals surface area contributed by atoms with E-state index in [4.69, 9.17) is 0 Å². The second-order valence-electron chi connectivity index (χ2n) is 4.65. The summed E-state index contributed by atoms with van der Waals surface area (Å²) in [6.07, 6.45) is 2.83. The molecule has 98 valence electrons. The van der Waals surface area contributed by atoms with E-state index in [1.54, 1.807) is 0 Å². The number of aryl methyl sites for hydroxylation is 1. The topological polar surface area (TPSA) is 45.8 Å². The molecule has 19 heavy (non-hydrogen) atoms. The van der Waals surface area contributed by atoms with Crippen LogP contribution in [0.5, 0.6) is 0 Å². The molecule has 1 N–H and O–H groups in total. The first kappa shape index (κ1) is 12.5. The number of nitrogens with zero attached hydrogens (tertiary/aromatic N) is 1. The van der Waals surface area contributed by atoms with Crippen molar-refractivity contribution < 1.29 is 0 Å². The van der Waals surface area contributed by atoms with Gasteiger partial charge >= 0.3 is 0 Å². The number of thioether (sulfide) groups is 1. The molecule has 3 rings (SSSR count). The van der Waals surface area contributed by atoms with Crippen LogP contribution in [0.25, 0.3) is 11.4 Å². The third-order valence-corrected chi connectivity index (χ3v) is 4.27. The average molecular weight is 272 g/mol. The largest absolute Gasteiger partial charge is 0.306 e. The summed E-state index contributed by atoms with van der Waals surface area (Å²) >= 11 is 1.81. The second-order valence-corrected chi connectivity index (χ2v) is 5.99. The van der Waals surface area contributed by atoms with Gasteiger partial charge in [0.15, 0.2) is 0 Å². The molecule has 0 amide bonds. The van der Waals surface area contributed by atoms with Crippen LogP contribution in [0, 0.1) is 0 Å². The van der Waals surface area contributed by atoms with E-state index in [9.17, 15) is 4.79 Å². The molecule has 1 aliphatic carbocycles. The molecule has 0 fully saturated rings. The lowest BCUT2D eigenvalue weighted by atomic mass is 10.2. The number of H-pyrrole nitrogens is 1. The van der Waals surface area contributed by atoms with Gasteiger partial charge in [0.05, 0.1) is 5.69 Å². The molecular formula is C15H16N2OS. The van der Waals surface area contributed by atoms with Crippen molar-refractivity contribution in [3.8, 4) is 11.4 Å². The predicted octanol–water partition coefficient (Wildman–Crippen LogP) is 3.04. The fourth-order valence-electron chi connectivity index (χ4n) is 2.45. The molecule has 3 nitrogen and oxygen atoms in total. The van der Waals surface area contributed by atoms with Crippen LogP contribution < -0.4 is 5.56 Å². The maximum atomic E-state index is 12.0. The highest BCUT2D eigenvalue weighted by atomic mass is 32.2. The molecule has 2 aromatic rings. The monoisotopic (exact) mass is 272 g/mol. The Morgan fingerprint density at radius 3 is 2.79 bits per heavy atom. The van der Waals surface area contributed by atoms with Gasteiger partial charge in [-0.1, -0.05) is 19.1 Å². The second kappa shape index (κ2) is 5.21. The van der Waals surface area contributed by atoms with Gasteiger partial charge in [-0.3, -0.25) is 4.79 Å². The van der Waals surface area contributed by atoms with Crippen molar-refractivity contribution in [3.05, 3.63) is 45.9 Å². The van der Waals surface area contributed by atoms with Gasteiger partial charge in [-0.15, -0.1) is 11.8 Å². The molecule has 0 saturated carbocycles. The standard InChI is InChI=1S/C15H16N2OS/c1-2-19-11-8-6-10(7-9-11)14-16-13-5-3-4-12(13)15(18)17-14/h6-9H,2-5H2,1H3,(H,16,17,18). The third-order valence-electron chi connectivity index (χ3n) is 3.38. The first-order chi connectivity index (χ1) is 9.28. The van der Waals surface area contributed by atoms with Crippen LogP contribution in [-0.2, 0) is 12.8 Å². The zero-order valence-electron chi connectivity index (χ0n) is 10.9. The van der Waals surface area contributed by atoms with Crippen LogP contribution in [-0.4, -0.2) is 15.7 Å². The van der Waals surface area contributed by atoms with Gasteiger partial charge in [-0.25, -0.2) is 4.98 Å². The van der Waals surface area contributed by atoms with Gasteiger partial charge in [0.25, 0.3) is 5.56 Å². The number of aromatic amines is 1. The van der Waals surface area contributed by atoms with Crippen molar-refractivity contribution in [1.82, 2.24) is 9.97 Å². The molecule has 4 heteroatoms. The van der Waals surface area contributed by atoms with Crippen molar-refractivity contribution in [3.63, 3.8) is 0 Å². The minimum absolute atomic E-state index is 0.0320. The zero-order chi connectivity index (χ0) is 13.2. The van der Waals surface area contributed by atoms with Crippen LogP contribution in [0.4, 0.5) is 0 Å². The summed E-state index contributed by atoms with van der Waals surface area (Å²) in [5, 5.41) is 0. The molecule has 0 aliphatic heterocycles. The lowest BCUT2D eigenvalue weighted by Gasteiger charge is -2.05. The van der Waals surface area contributed by atoms with Gasteiger partial charge in [0.1, 0.15) is 5.82 Å². The number of rotatable bonds is 3. The maximum Gasteiger partial charge on any atom is 0.254 e. The SMILES string of the molecule is CCSc1ccc(-c2nc3c(c(=O)[nH]2)CCC3)cc1. The summed E-state index contributed by atoms with van der Waals surface area (Å²) in [7, 11) is 0. The lowest BCUT2D eigenvalue weighted by molar-refractivity contribution is 0.899. The van der Waals surface area contributed by atoms with Gasteiger partial charge in [0.2, 0.25) is 0 Å². The molecule has 0 bridgehead atoms. The molecule has 0 atom stereocenters. The van der Waals surface area contributed by atoms with Crippen molar-refractivity contribution >= 4 is 11.8 Å². The van der Waals surface area contributed by atoms with E-state index in [1.807, 2.05) is 23.9 Å². The van der Waals surface area contributed by atoms with Crippen LogP contribution in [0.15, 0.2) is 34.0 Å². The number of hydrogen-bond acceptors (Lipinski definition) is 3. The summed E-state index contributed by atoms with van der Waals surface area (Å²) < 4.78 is 0. The molecule has 0 radical (unpaired) electrons. The fourth-order valence-corrected chi connectivity index (χ4v) is 3.12. The van der Waals surface area contributed by atoms with Crippen LogP contribution >= 0.6 is 11.8 Å². The average Bonchev–Trinajstić information content (AvgIpc) is 2.89. The minimum atomic E-state index is 0.0320. The van der Waals surface area contributed by atoms with E-state index in [0.29, 0.717) is 5.82 Å². The van der Waals surface area contributed by atoms with Crippen molar-refractivity contribution in [2.75, 3.05) is 5.75 Å². The summed E-state index contributed by atoms with van der Waals surface area (Å²) in [6.45, 7) is 2.14. The van der Waals surface area contributed by atoms with Gasteiger partial charge in [-0.05, 0) is 37.1 Å². The highest BCUT2D eigenvalue weighted by molar-refractivity contribution is 7.99. The maximum absolute atomic E-state index is 12.0. The smallest absolute Gasteiger partial charge is 0.254 e. The van der Waals surface area contributed by atoms with Gasteiger partial charge in [0, 0.05) is 16.0 Å². The molecular weight excluding hydrogens is 256 g/mol. The molecule has 1 heterocycles. The number of benzene rings is 1. The minimum Gasteiger partial charge on any atom is -0.306 e. The molecule has 1 aromatic heterocycles. The van der Waals surface area contributed by atoms with Crippen LogP contribution in [0.2, 0.25) is 0 Å². The molecule has 1 aliphatic rings. The highest BCUT2D eigenvalue weighted by Crippen LogP contribution is 2.23. The fraction of sp³-hybridized carbons (Fsp3) is 0.333. The highest BCUT2D eigenvalue weighted by Gasteiger charge is 2.17. The van der Waals surface area contributed by atoms with Crippen LogP contribution in [0.3, 0.4) is 0 Å². The van der Waals surface area contributed by atoms with E-state index in [2.05, 4.69) is 29.0 Å². The summed E-state index contributed by atoms with van der Waals surface area (Å²) in [4.78, 5) is 20.7. The van der Waals surface area contributed by atoms with E-state index in [1.165, 1.54) is 4.90 Å². The Balaban J connectivity index is 1.98. The van der Waals surface area contributed by atoms with E-state index < -0.39 is 0 Å². The Kier molecular flexibility index (Phi) is 3.42. The number of hydrogen-bond donors (Lipinski definition) is 1.